The topological polar surface area (TPSA) is 139 Å². The van der Waals surface area contributed by atoms with Crippen LogP contribution in [-0.2, 0) is 44.7 Å². The first-order valence-electron chi connectivity index (χ1n) is 19.1. The van der Waals surface area contributed by atoms with Gasteiger partial charge in [-0.25, -0.2) is 0 Å². The molecule has 5 heterocycles. The molecule has 8 aliphatic rings. The Hall–Kier alpha value is -2.87. The van der Waals surface area contributed by atoms with Gasteiger partial charge in [0.2, 0.25) is 11.8 Å². The fourth-order valence-corrected chi connectivity index (χ4v) is 11.0. The number of nitrogens with zero attached hydrogens (tertiary/aromatic N) is 2. The van der Waals surface area contributed by atoms with Crippen LogP contribution in [0.5, 0.6) is 0 Å². The number of hydroxylamine groups is 2. The number of hydrogen-bond donors (Lipinski definition) is 2. The fourth-order valence-electron chi connectivity index (χ4n) is 11.0. The monoisotopic (exact) mass is 705 g/mol. The van der Waals surface area contributed by atoms with E-state index in [4.69, 9.17) is 23.8 Å². The first-order chi connectivity index (χ1) is 24.5. The third-order valence-corrected chi connectivity index (χ3v) is 13.7. The van der Waals surface area contributed by atoms with Crippen LogP contribution in [0.15, 0.2) is 29.8 Å². The number of benzene rings is 1. The van der Waals surface area contributed by atoms with Crippen molar-refractivity contribution in [3.8, 4) is 0 Å². The standard InChI is InChI=1S/C39H51N3O9/c1-37(2)18-25-24(9-10-29-38(3,50-29)12-11-26(25)37)17-22-6-4-7-23(16-22)20-42-32-35(45)49-28-19-39(32,33(51-42)31-30(28)47-21-48-31)36(46)41-14-5-8-27(41)34(44)40-13-15-43/h4,6-7,16-17,25-33,43H,5,8-15,18-21H2,1-3H3,(H,40,44). The van der Waals surface area contributed by atoms with Gasteiger partial charge in [-0.2, -0.15) is 5.06 Å². The van der Waals surface area contributed by atoms with Crippen molar-refractivity contribution in [2.75, 3.05) is 26.5 Å². The van der Waals surface area contributed by atoms with E-state index in [0.717, 1.165) is 30.4 Å². The summed E-state index contributed by atoms with van der Waals surface area (Å²) in [5, 5.41) is 13.6. The number of carbonyl (C=O) groups excluding carboxylic acids is 3. The minimum absolute atomic E-state index is 0.0238. The number of aliphatic hydroxyl groups is 1. The molecular formula is C39H51N3O9. The second kappa shape index (κ2) is 12.3. The summed E-state index contributed by atoms with van der Waals surface area (Å²) in [6.07, 6.45) is 7.12. The van der Waals surface area contributed by atoms with Gasteiger partial charge < -0.3 is 34.3 Å². The largest absolute Gasteiger partial charge is 0.458 e. The zero-order valence-corrected chi connectivity index (χ0v) is 29.9. The summed E-state index contributed by atoms with van der Waals surface area (Å²) in [5.74, 6) is 0.108. The molecular weight excluding hydrogens is 654 g/mol. The van der Waals surface area contributed by atoms with Crippen LogP contribution in [0, 0.1) is 22.7 Å². The summed E-state index contributed by atoms with van der Waals surface area (Å²) < 4.78 is 24.1. The van der Waals surface area contributed by atoms with Gasteiger partial charge in [0.05, 0.1) is 24.9 Å². The van der Waals surface area contributed by atoms with E-state index >= 15 is 0 Å². The third kappa shape index (κ3) is 5.42. The number of rotatable bonds is 7. The highest BCUT2D eigenvalue weighted by Crippen LogP contribution is 2.60. The molecule has 8 fully saturated rings. The Kier molecular flexibility index (Phi) is 8.21. The average molecular weight is 706 g/mol. The van der Waals surface area contributed by atoms with Crippen molar-refractivity contribution in [1.29, 1.82) is 0 Å². The van der Waals surface area contributed by atoms with Gasteiger partial charge in [-0.1, -0.05) is 49.8 Å². The molecule has 5 saturated heterocycles. The first kappa shape index (κ1) is 33.9. The lowest BCUT2D eigenvalue weighted by molar-refractivity contribution is -0.204. The summed E-state index contributed by atoms with van der Waals surface area (Å²) in [4.78, 5) is 50.3. The summed E-state index contributed by atoms with van der Waals surface area (Å²) in [5.41, 5.74) is 2.62. The molecule has 1 aromatic carbocycles. The number of esters is 1. The lowest BCUT2D eigenvalue weighted by atomic mass is 9.52. The Morgan fingerprint density at radius 3 is 2.76 bits per heavy atom. The Labute approximate surface area is 299 Å². The SMILES string of the molecule is CC1(C)CC2C(=Cc3cccc(CN4OC5C6OCOC6C6CC5(C(=O)N5CCCC5C(=O)NCCO)C4C(=O)O6)c3)CCC3OC3(C)CCC21. The molecule has 2 bridgehead atoms. The number of epoxide rings is 1. The van der Waals surface area contributed by atoms with E-state index in [-0.39, 0.29) is 50.3 Å². The maximum absolute atomic E-state index is 14.9. The number of likely N-dealkylation sites (tertiary alicyclic amines) is 1. The van der Waals surface area contributed by atoms with Gasteiger partial charge in [-0.15, -0.1) is 0 Å². The van der Waals surface area contributed by atoms with Crippen molar-refractivity contribution in [3.05, 3.63) is 41.0 Å². The van der Waals surface area contributed by atoms with Crippen molar-refractivity contribution >= 4 is 23.9 Å². The molecule has 11 unspecified atom stereocenters. The number of hydrogen-bond acceptors (Lipinski definition) is 10. The van der Waals surface area contributed by atoms with Crippen LogP contribution < -0.4 is 5.32 Å². The summed E-state index contributed by atoms with van der Waals surface area (Å²) in [7, 11) is 0. The van der Waals surface area contributed by atoms with Crippen molar-refractivity contribution in [2.24, 2.45) is 22.7 Å². The molecule has 2 amide bonds. The zero-order chi connectivity index (χ0) is 35.3. The first-order valence-corrected chi connectivity index (χ1v) is 19.1. The van der Waals surface area contributed by atoms with E-state index in [1.807, 2.05) is 12.1 Å². The maximum Gasteiger partial charge on any atom is 0.327 e. The van der Waals surface area contributed by atoms with Crippen LogP contribution in [0.4, 0.5) is 0 Å². The molecule has 276 valence electrons. The molecule has 51 heavy (non-hydrogen) atoms. The Morgan fingerprint density at radius 1 is 1.10 bits per heavy atom. The lowest BCUT2D eigenvalue weighted by Crippen LogP contribution is -2.70. The predicted molar refractivity (Wildman–Crippen MR) is 182 cm³/mol. The van der Waals surface area contributed by atoms with Crippen molar-refractivity contribution in [3.63, 3.8) is 0 Å². The summed E-state index contributed by atoms with van der Waals surface area (Å²) in [6.45, 7) is 7.68. The van der Waals surface area contributed by atoms with Crippen LogP contribution >= 0.6 is 0 Å². The fraction of sp³-hybridized carbons (Fsp3) is 0.718. The third-order valence-electron chi connectivity index (χ3n) is 13.7. The van der Waals surface area contributed by atoms with Crippen LogP contribution in [0.25, 0.3) is 6.08 Å². The van der Waals surface area contributed by atoms with E-state index < -0.39 is 47.9 Å². The van der Waals surface area contributed by atoms with Crippen LogP contribution in [0.2, 0.25) is 0 Å². The normalized spacial score (nSPS) is 42.8. The van der Waals surface area contributed by atoms with E-state index in [1.165, 1.54) is 18.4 Å². The molecule has 9 rings (SSSR count). The summed E-state index contributed by atoms with van der Waals surface area (Å²) in [6, 6.07) is 6.67. The van der Waals surface area contributed by atoms with Crippen LogP contribution in [0.1, 0.15) is 83.3 Å². The molecule has 3 aliphatic carbocycles. The molecule has 0 radical (unpaired) electrons. The summed E-state index contributed by atoms with van der Waals surface area (Å²) >= 11 is 0. The van der Waals surface area contributed by atoms with Gasteiger partial charge in [0.25, 0.3) is 0 Å². The molecule has 11 atom stereocenters. The van der Waals surface area contributed by atoms with E-state index in [2.05, 4.69) is 44.3 Å². The smallest absolute Gasteiger partial charge is 0.327 e. The van der Waals surface area contributed by atoms with Crippen molar-refractivity contribution in [2.45, 2.75) is 127 Å². The van der Waals surface area contributed by atoms with E-state index in [0.29, 0.717) is 42.7 Å². The van der Waals surface area contributed by atoms with Gasteiger partial charge in [-0.3, -0.25) is 19.2 Å². The highest BCUT2D eigenvalue weighted by Gasteiger charge is 2.75. The molecule has 5 aliphatic heterocycles. The van der Waals surface area contributed by atoms with Crippen molar-refractivity contribution < 1.29 is 43.3 Å². The number of amides is 2. The maximum atomic E-state index is 14.9. The lowest BCUT2D eigenvalue weighted by Gasteiger charge is -2.53. The second-order valence-corrected chi connectivity index (χ2v) is 17.1. The minimum Gasteiger partial charge on any atom is -0.458 e. The highest BCUT2D eigenvalue weighted by molar-refractivity contribution is 5.96. The van der Waals surface area contributed by atoms with Gasteiger partial charge >= 0.3 is 5.97 Å². The number of nitrogens with one attached hydrogen (secondary N) is 1. The Balaban J connectivity index is 1.01. The zero-order valence-electron chi connectivity index (χ0n) is 29.9. The van der Waals surface area contributed by atoms with E-state index in [1.54, 1.807) is 9.96 Å². The molecule has 1 aromatic rings. The molecule has 3 saturated carbocycles. The molecule has 0 spiro atoms. The van der Waals surface area contributed by atoms with Crippen LogP contribution in [0.3, 0.4) is 0 Å². The average Bonchev–Trinajstić information content (AvgIpc) is 3.57. The van der Waals surface area contributed by atoms with Gasteiger partial charge in [0.15, 0.2) is 6.04 Å². The number of carbonyl (C=O) groups is 3. The van der Waals surface area contributed by atoms with E-state index in [9.17, 15) is 19.5 Å². The second-order valence-electron chi connectivity index (χ2n) is 17.1. The van der Waals surface area contributed by atoms with Gasteiger partial charge in [-0.05, 0) is 80.2 Å². The van der Waals surface area contributed by atoms with Gasteiger partial charge in [0.1, 0.15) is 42.7 Å². The Morgan fingerprint density at radius 2 is 1.94 bits per heavy atom. The minimum atomic E-state index is -1.31. The number of allylic oxidation sites excluding steroid dienone is 1. The Bertz CT molecular complexity index is 1630. The quantitative estimate of drug-likeness (QED) is 0.322. The number of aliphatic hydroxyl groups excluding tert-OH is 1. The molecule has 0 aromatic heterocycles. The number of ether oxygens (including phenoxy) is 4. The van der Waals surface area contributed by atoms with Crippen LogP contribution in [-0.4, -0.2) is 108 Å². The highest BCUT2D eigenvalue weighted by atomic mass is 16.8. The molecule has 2 N–H and O–H groups in total. The van der Waals surface area contributed by atoms with Crippen molar-refractivity contribution in [1.82, 2.24) is 15.3 Å². The molecule has 12 nitrogen and oxygen atoms in total. The molecule has 12 heteroatoms. The van der Waals surface area contributed by atoms with Gasteiger partial charge in [0, 0.05) is 19.5 Å². The predicted octanol–water partition coefficient (Wildman–Crippen LogP) is 3.10. The number of fused-ring (bicyclic) bond motifs is 6.